The van der Waals surface area contributed by atoms with Crippen molar-refractivity contribution < 1.29 is 18.3 Å². The highest BCUT2D eigenvalue weighted by Crippen LogP contribution is 2.43. The number of sulfonamides is 1. The van der Waals surface area contributed by atoms with Crippen LogP contribution in [0.5, 0.6) is 0 Å². The van der Waals surface area contributed by atoms with Gasteiger partial charge in [0.2, 0.25) is 10.0 Å². The van der Waals surface area contributed by atoms with E-state index in [-0.39, 0.29) is 19.0 Å². The number of nitrogens with zero attached hydrogens (tertiary/aromatic N) is 4. The van der Waals surface area contributed by atoms with Crippen LogP contribution in [0.4, 0.5) is 0 Å². The molecule has 0 aliphatic carbocycles. The van der Waals surface area contributed by atoms with E-state index in [1.54, 1.807) is 4.68 Å². The zero-order chi connectivity index (χ0) is 17.5. The van der Waals surface area contributed by atoms with Crippen molar-refractivity contribution in [3.8, 4) is 0 Å². The molecule has 0 saturated carbocycles. The molecular formula is C15H24N4O4S. The van der Waals surface area contributed by atoms with E-state index in [9.17, 15) is 18.3 Å². The molecular weight excluding hydrogens is 332 g/mol. The highest BCUT2D eigenvalue weighted by Gasteiger charge is 2.55. The van der Waals surface area contributed by atoms with Crippen LogP contribution in [0.1, 0.15) is 18.4 Å². The number of rotatable bonds is 4. The molecule has 9 heteroatoms. The van der Waals surface area contributed by atoms with Crippen LogP contribution in [-0.2, 0) is 28.4 Å². The Labute approximate surface area is 142 Å². The average molecular weight is 356 g/mol. The van der Waals surface area contributed by atoms with Gasteiger partial charge < -0.3 is 5.11 Å². The van der Waals surface area contributed by atoms with Crippen LogP contribution in [0, 0.1) is 11.3 Å². The van der Waals surface area contributed by atoms with Crippen LogP contribution in [-0.4, -0.2) is 70.9 Å². The lowest BCUT2D eigenvalue weighted by Gasteiger charge is -2.29. The van der Waals surface area contributed by atoms with E-state index in [2.05, 4.69) is 10.00 Å². The van der Waals surface area contributed by atoms with E-state index < -0.39 is 21.4 Å². The Morgan fingerprint density at radius 2 is 2.21 bits per heavy atom. The van der Waals surface area contributed by atoms with Crippen LogP contribution in [0.2, 0.25) is 0 Å². The largest absolute Gasteiger partial charge is 0.481 e. The Kier molecular flexibility index (Phi) is 4.43. The molecule has 0 aromatic carbocycles. The van der Waals surface area contributed by atoms with E-state index in [1.165, 1.54) is 4.31 Å². The number of hydrogen-bond donors (Lipinski definition) is 1. The number of likely N-dealkylation sites (tertiary alicyclic amines) is 1. The Bertz CT molecular complexity index is 732. The maximum atomic E-state index is 12.0. The van der Waals surface area contributed by atoms with E-state index in [0.29, 0.717) is 19.5 Å². The molecule has 2 atom stereocenters. The Morgan fingerprint density at radius 3 is 2.79 bits per heavy atom. The van der Waals surface area contributed by atoms with E-state index in [4.69, 9.17) is 0 Å². The minimum Gasteiger partial charge on any atom is -0.481 e. The highest BCUT2D eigenvalue weighted by atomic mass is 32.2. The molecule has 3 rings (SSSR count). The van der Waals surface area contributed by atoms with Crippen LogP contribution in [0.15, 0.2) is 12.4 Å². The first-order valence-electron chi connectivity index (χ1n) is 8.09. The second-order valence-corrected chi connectivity index (χ2v) is 9.06. The molecule has 2 fully saturated rings. The van der Waals surface area contributed by atoms with E-state index in [0.717, 1.165) is 24.8 Å². The molecule has 0 radical (unpaired) electrons. The second kappa shape index (κ2) is 6.12. The fourth-order valence-corrected chi connectivity index (χ4v) is 4.94. The lowest BCUT2D eigenvalue weighted by molar-refractivity contribution is -0.150. The topological polar surface area (TPSA) is 95.7 Å². The number of aromatic nitrogens is 2. The third-order valence-corrected chi connectivity index (χ3v) is 6.52. The summed E-state index contributed by atoms with van der Waals surface area (Å²) in [6.45, 7) is 2.49. The molecule has 1 aromatic heterocycles. The lowest BCUT2D eigenvalue weighted by Crippen LogP contribution is -2.41. The molecule has 1 aromatic rings. The van der Waals surface area contributed by atoms with Gasteiger partial charge in [0.15, 0.2) is 0 Å². The van der Waals surface area contributed by atoms with E-state index >= 15 is 0 Å². The molecule has 0 spiro atoms. The Hall–Kier alpha value is -1.45. The van der Waals surface area contributed by atoms with Gasteiger partial charge in [0.05, 0.1) is 17.9 Å². The molecule has 24 heavy (non-hydrogen) atoms. The molecule has 8 nitrogen and oxygen atoms in total. The summed E-state index contributed by atoms with van der Waals surface area (Å²) in [7, 11) is -1.52. The summed E-state index contributed by atoms with van der Waals surface area (Å²) in [5.41, 5.74) is 0.116. The number of carboxylic acid groups (broad SMARTS) is 1. The fourth-order valence-electron chi connectivity index (χ4n) is 4.02. The van der Waals surface area contributed by atoms with Gasteiger partial charge in [-0.05, 0) is 19.4 Å². The quantitative estimate of drug-likeness (QED) is 0.814. The van der Waals surface area contributed by atoms with Crippen molar-refractivity contribution in [1.82, 2.24) is 19.0 Å². The summed E-state index contributed by atoms with van der Waals surface area (Å²) in [5.74, 6) is -1.06. The molecule has 2 aliphatic heterocycles. The van der Waals surface area contributed by atoms with Crippen LogP contribution < -0.4 is 0 Å². The molecule has 3 heterocycles. The van der Waals surface area contributed by atoms with Gasteiger partial charge in [-0.3, -0.25) is 14.4 Å². The first kappa shape index (κ1) is 17.4. The van der Waals surface area contributed by atoms with E-state index in [1.807, 2.05) is 19.4 Å². The predicted molar refractivity (Wildman–Crippen MR) is 87.7 cm³/mol. The maximum absolute atomic E-state index is 12.0. The summed E-state index contributed by atoms with van der Waals surface area (Å²) >= 11 is 0. The number of carbonyl (C=O) groups is 1. The molecule has 134 valence electrons. The van der Waals surface area contributed by atoms with Gasteiger partial charge in [0, 0.05) is 50.9 Å². The van der Waals surface area contributed by atoms with Crippen molar-refractivity contribution in [3.63, 3.8) is 0 Å². The highest BCUT2D eigenvalue weighted by molar-refractivity contribution is 7.88. The number of hydrogen-bond acceptors (Lipinski definition) is 5. The standard InChI is InChI=1S/C15H24N4O4S/c1-17-7-12(6-16-17)8-18-5-3-4-15(14(20)21)11-19(24(2,22)23)10-13(15)9-18/h6-7,13H,3-5,8-11H2,1-2H3,(H,20,21)/t13-,15-/m0/s1. The van der Waals surface area contributed by atoms with Gasteiger partial charge in [0.1, 0.15) is 0 Å². The second-order valence-electron chi connectivity index (χ2n) is 7.07. The van der Waals surface area contributed by atoms with Crippen LogP contribution in [0.3, 0.4) is 0 Å². The molecule has 1 N–H and O–H groups in total. The summed E-state index contributed by atoms with van der Waals surface area (Å²) in [6, 6.07) is 0. The van der Waals surface area contributed by atoms with Gasteiger partial charge in [-0.25, -0.2) is 12.7 Å². The lowest BCUT2D eigenvalue weighted by atomic mass is 9.75. The molecule has 2 saturated heterocycles. The molecule has 0 amide bonds. The number of fused-ring (bicyclic) bond motifs is 1. The fraction of sp³-hybridized carbons (Fsp3) is 0.733. The summed E-state index contributed by atoms with van der Waals surface area (Å²) in [6.07, 6.45) is 6.18. The normalized spacial score (nSPS) is 29.3. The Morgan fingerprint density at radius 1 is 1.46 bits per heavy atom. The average Bonchev–Trinajstić information content (AvgIpc) is 2.99. The van der Waals surface area contributed by atoms with Crippen molar-refractivity contribution in [1.29, 1.82) is 0 Å². The third-order valence-electron chi connectivity index (χ3n) is 5.30. The zero-order valence-electron chi connectivity index (χ0n) is 14.1. The van der Waals surface area contributed by atoms with Crippen molar-refractivity contribution in [3.05, 3.63) is 18.0 Å². The third kappa shape index (κ3) is 3.20. The first-order chi connectivity index (χ1) is 11.2. The minimum atomic E-state index is -3.38. The minimum absolute atomic E-state index is 0.0898. The number of aliphatic carboxylic acids is 1. The van der Waals surface area contributed by atoms with Gasteiger partial charge in [0.25, 0.3) is 0 Å². The zero-order valence-corrected chi connectivity index (χ0v) is 14.9. The summed E-state index contributed by atoms with van der Waals surface area (Å²) < 4.78 is 26.9. The molecule has 0 unspecified atom stereocenters. The van der Waals surface area contributed by atoms with Gasteiger partial charge in [-0.1, -0.05) is 0 Å². The number of carboxylic acids is 1. The van der Waals surface area contributed by atoms with Crippen molar-refractivity contribution in [2.45, 2.75) is 19.4 Å². The van der Waals surface area contributed by atoms with Gasteiger partial charge in [-0.2, -0.15) is 5.10 Å². The van der Waals surface area contributed by atoms with Crippen molar-refractivity contribution >= 4 is 16.0 Å². The van der Waals surface area contributed by atoms with Gasteiger partial charge in [-0.15, -0.1) is 0 Å². The van der Waals surface area contributed by atoms with Crippen LogP contribution in [0.25, 0.3) is 0 Å². The van der Waals surface area contributed by atoms with Crippen molar-refractivity contribution in [2.24, 2.45) is 18.4 Å². The maximum Gasteiger partial charge on any atom is 0.311 e. The summed E-state index contributed by atoms with van der Waals surface area (Å²) in [5, 5.41) is 14.0. The molecule has 2 aliphatic rings. The van der Waals surface area contributed by atoms with Gasteiger partial charge >= 0.3 is 5.97 Å². The Balaban J connectivity index is 1.81. The number of aryl methyl sites for hydroxylation is 1. The van der Waals surface area contributed by atoms with Crippen molar-refractivity contribution in [2.75, 3.05) is 32.4 Å². The monoisotopic (exact) mass is 356 g/mol. The SMILES string of the molecule is Cn1cc(CN2CCC[C@]3(C(=O)O)CN(S(C)(=O)=O)C[C@@H]3C2)cn1. The predicted octanol–water partition coefficient (Wildman–Crippen LogP) is -0.0217. The smallest absolute Gasteiger partial charge is 0.311 e. The van der Waals surface area contributed by atoms with Crippen LogP contribution >= 0.6 is 0 Å². The first-order valence-corrected chi connectivity index (χ1v) is 9.94. The molecule has 0 bridgehead atoms. The summed E-state index contributed by atoms with van der Waals surface area (Å²) in [4.78, 5) is 14.2.